The summed E-state index contributed by atoms with van der Waals surface area (Å²) < 4.78 is 15.2. The fourth-order valence-corrected chi connectivity index (χ4v) is 1.06. The maximum Gasteiger partial charge on any atom is 0.144 e. The van der Waals surface area contributed by atoms with Crippen molar-refractivity contribution >= 4 is 17.6 Å². The normalized spacial score (nSPS) is 16.5. The van der Waals surface area contributed by atoms with E-state index in [2.05, 4.69) is 25.2 Å². The Balaban J connectivity index is 4.00. The molecule has 13 heavy (non-hydrogen) atoms. The summed E-state index contributed by atoms with van der Waals surface area (Å²) in [5.41, 5.74) is 0.228. The first kappa shape index (κ1) is 13.0. The zero-order chi connectivity index (χ0) is 10.7. The molecule has 0 N–H and O–H groups in total. The molecule has 1 atom stereocenters. The predicted octanol–water partition coefficient (Wildman–Crippen LogP) is 2.96. The lowest BCUT2D eigenvalue weighted by atomic mass is 9.93. The van der Waals surface area contributed by atoms with Gasteiger partial charge in [0, 0.05) is 0 Å². The fourth-order valence-electron chi connectivity index (χ4n) is 0.537. The molecule has 0 aromatic carbocycles. The number of hydrogen-bond donors (Lipinski definition) is 0. The van der Waals surface area contributed by atoms with Crippen LogP contribution < -0.4 is 0 Å². The van der Waals surface area contributed by atoms with E-state index < -0.39 is 11.4 Å². The molecule has 0 fully saturated rings. The van der Waals surface area contributed by atoms with E-state index >= 15 is 0 Å². The molecule has 0 rings (SSSR count). The SMILES string of the molecule is CC(C)(C)CC=N[S+]([O-])C(C)(C)C. The lowest BCUT2D eigenvalue weighted by Gasteiger charge is -2.19. The summed E-state index contributed by atoms with van der Waals surface area (Å²) in [6, 6.07) is 0. The summed E-state index contributed by atoms with van der Waals surface area (Å²) in [6.45, 7) is 12.2. The maximum absolute atomic E-state index is 11.5. The standard InChI is InChI=1S/C10H21NOS/c1-9(2,3)7-8-11-13(12)10(4,5)6/h8H,7H2,1-6H3. The molecule has 2 nitrogen and oxygen atoms in total. The third-order valence-corrected chi connectivity index (χ3v) is 2.79. The summed E-state index contributed by atoms with van der Waals surface area (Å²) in [5, 5.41) is 0. The van der Waals surface area contributed by atoms with E-state index in [1.165, 1.54) is 0 Å². The van der Waals surface area contributed by atoms with Crippen molar-refractivity contribution in [3.05, 3.63) is 0 Å². The van der Waals surface area contributed by atoms with Gasteiger partial charge in [0.2, 0.25) is 0 Å². The van der Waals surface area contributed by atoms with Crippen LogP contribution in [-0.2, 0) is 11.4 Å². The van der Waals surface area contributed by atoms with Gasteiger partial charge in [-0.25, -0.2) is 0 Å². The molecule has 0 bridgehead atoms. The zero-order valence-corrected chi connectivity index (χ0v) is 10.4. The molecule has 0 heterocycles. The largest absolute Gasteiger partial charge is 0.591 e. The Labute approximate surface area is 85.1 Å². The van der Waals surface area contributed by atoms with Gasteiger partial charge in [0.15, 0.2) is 0 Å². The van der Waals surface area contributed by atoms with Crippen molar-refractivity contribution < 1.29 is 4.55 Å². The molecule has 0 aromatic rings. The smallest absolute Gasteiger partial charge is 0.144 e. The van der Waals surface area contributed by atoms with Gasteiger partial charge in [-0.15, -0.1) is 0 Å². The molecule has 0 aromatic heterocycles. The topological polar surface area (TPSA) is 35.4 Å². The Bertz CT molecular complexity index is 176. The summed E-state index contributed by atoms with van der Waals surface area (Å²) >= 11 is -1.10. The number of rotatable bonds is 2. The van der Waals surface area contributed by atoms with Crippen molar-refractivity contribution in [2.24, 2.45) is 9.81 Å². The van der Waals surface area contributed by atoms with Gasteiger partial charge in [0.1, 0.15) is 16.1 Å². The Kier molecular flexibility index (Phi) is 4.46. The molecule has 3 heteroatoms. The second-order valence-electron chi connectivity index (χ2n) is 5.41. The van der Waals surface area contributed by atoms with Crippen molar-refractivity contribution in [1.29, 1.82) is 0 Å². The van der Waals surface area contributed by atoms with Gasteiger partial charge in [-0.05, 0) is 32.6 Å². The van der Waals surface area contributed by atoms with Gasteiger partial charge in [0.05, 0.1) is 6.21 Å². The molecule has 0 aliphatic heterocycles. The van der Waals surface area contributed by atoms with Crippen LogP contribution in [0.2, 0.25) is 0 Å². The molecule has 0 amide bonds. The van der Waals surface area contributed by atoms with Crippen LogP contribution in [0.15, 0.2) is 4.40 Å². The molecule has 0 aliphatic rings. The van der Waals surface area contributed by atoms with Crippen LogP contribution in [0.5, 0.6) is 0 Å². The first-order chi connectivity index (χ1) is 5.63. The molecule has 0 saturated heterocycles. The summed E-state index contributed by atoms with van der Waals surface area (Å²) in [5.74, 6) is 0. The highest BCUT2D eigenvalue weighted by atomic mass is 32.2. The summed E-state index contributed by atoms with van der Waals surface area (Å²) in [6.07, 6.45) is 2.65. The highest BCUT2D eigenvalue weighted by Gasteiger charge is 2.25. The van der Waals surface area contributed by atoms with Crippen LogP contribution in [0.4, 0.5) is 0 Å². The Morgan fingerprint density at radius 1 is 1.15 bits per heavy atom. The third-order valence-electron chi connectivity index (χ3n) is 1.40. The van der Waals surface area contributed by atoms with E-state index in [0.29, 0.717) is 0 Å². The van der Waals surface area contributed by atoms with E-state index in [9.17, 15) is 4.55 Å². The first-order valence-corrected chi connectivity index (χ1v) is 5.68. The van der Waals surface area contributed by atoms with Crippen LogP contribution in [0.3, 0.4) is 0 Å². The fraction of sp³-hybridized carbons (Fsp3) is 0.900. The molecule has 0 radical (unpaired) electrons. The van der Waals surface area contributed by atoms with Crippen molar-refractivity contribution in [2.45, 2.75) is 52.7 Å². The van der Waals surface area contributed by atoms with Crippen LogP contribution in [0.25, 0.3) is 0 Å². The van der Waals surface area contributed by atoms with Crippen LogP contribution in [0.1, 0.15) is 48.0 Å². The zero-order valence-electron chi connectivity index (χ0n) is 9.55. The highest BCUT2D eigenvalue weighted by molar-refractivity contribution is 7.91. The van der Waals surface area contributed by atoms with Gasteiger partial charge >= 0.3 is 0 Å². The highest BCUT2D eigenvalue weighted by Crippen LogP contribution is 2.19. The van der Waals surface area contributed by atoms with Gasteiger partial charge in [0.25, 0.3) is 0 Å². The first-order valence-electron chi connectivity index (χ1n) is 4.57. The van der Waals surface area contributed by atoms with Crippen LogP contribution in [0, 0.1) is 5.41 Å². The minimum Gasteiger partial charge on any atom is -0.591 e. The summed E-state index contributed by atoms with van der Waals surface area (Å²) in [7, 11) is 0. The molecule has 0 aliphatic carbocycles. The van der Waals surface area contributed by atoms with E-state index in [1.807, 2.05) is 20.8 Å². The predicted molar refractivity (Wildman–Crippen MR) is 60.5 cm³/mol. The van der Waals surface area contributed by atoms with E-state index in [1.54, 1.807) is 6.21 Å². The van der Waals surface area contributed by atoms with E-state index in [0.717, 1.165) is 6.42 Å². The molecule has 0 spiro atoms. The lowest BCUT2D eigenvalue weighted by molar-refractivity contribution is 0.437. The van der Waals surface area contributed by atoms with Gasteiger partial charge in [-0.2, -0.15) is 0 Å². The minimum atomic E-state index is -1.10. The van der Waals surface area contributed by atoms with Crippen LogP contribution >= 0.6 is 0 Å². The minimum absolute atomic E-state index is 0.228. The Morgan fingerprint density at radius 2 is 1.62 bits per heavy atom. The van der Waals surface area contributed by atoms with Crippen molar-refractivity contribution in [3.8, 4) is 0 Å². The third kappa shape index (κ3) is 7.08. The molecule has 0 saturated carbocycles. The average Bonchev–Trinajstić information content (AvgIpc) is 1.82. The molecular formula is C10H21NOS. The second kappa shape index (κ2) is 4.47. The summed E-state index contributed by atoms with van der Waals surface area (Å²) in [4.78, 5) is 0. The quantitative estimate of drug-likeness (QED) is 0.502. The molecular weight excluding hydrogens is 182 g/mol. The van der Waals surface area contributed by atoms with Crippen molar-refractivity contribution in [1.82, 2.24) is 0 Å². The monoisotopic (exact) mass is 203 g/mol. The number of nitrogens with zero attached hydrogens (tertiary/aromatic N) is 1. The van der Waals surface area contributed by atoms with Gasteiger partial charge in [-0.3, -0.25) is 0 Å². The number of hydrogen-bond acceptors (Lipinski definition) is 2. The Hall–Kier alpha value is -0.0200. The molecule has 78 valence electrons. The maximum atomic E-state index is 11.5. The molecule has 1 unspecified atom stereocenters. The van der Waals surface area contributed by atoms with Gasteiger partial charge < -0.3 is 4.55 Å². The van der Waals surface area contributed by atoms with E-state index in [-0.39, 0.29) is 10.2 Å². The lowest BCUT2D eigenvalue weighted by Crippen LogP contribution is -2.26. The van der Waals surface area contributed by atoms with Crippen LogP contribution in [-0.4, -0.2) is 15.5 Å². The van der Waals surface area contributed by atoms with Crippen molar-refractivity contribution in [2.75, 3.05) is 0 Å². The second-order valence-corrected chi connectivity index (χ2v) is 7.35. The van der Waals surface area contributed by atoms with Gasteiger partial charge in [-0.1, -0.05) is 25.2 Å². The average molecular weight is 203 g/mol. The van der Waals surface area contributed by atoms with E-state index in [4.69, 9.17) is 0 Å². The Morgan fingerprint density at radius 3 is 1.92 bits per heavy atom. The van der Waals surface area contributed by atoms with Crippen molar-refractivity contribution in [3.63, 3.8) is 0 Å².